The van der Waals surface area contributed by atoms with E-state index in [1.807, 2.05) is 23.4 Å². The molecule has 2 heterocycles. The minimum absolute atomic E-state index is 0.0213. The van der Waals surface area contributed by atoms with Crippen molar-refractivity contribution in [1.82, 2.24) is 20.4 Å². The summed E-state index contributed by atoms with van der Waals surface area (Å²) < 4.78 is 0. The Balaban J connectivity index is 1.60. The standard InChI is InChI=1S/C23H32N6O2S/c1-32-19-8-6-7-18(15-19)10-11-25-23(26-17-24)27-20-9-2-3-14-29(22(20)31)16-21(30)28-12-4-5-13-28/h6-8,15,20H,2-5,9-14,16H2,1H3,(H2,25,26,27). The average molecular weight is 457 g/mol. The summed E-state index contributed by atoms with van der Waals surface area (Å²) in [5, 5.41) is 14.8. The van der Waals surface area contributed by atoms with Crippen LogP contribution in [-0.2, 0) is 16.0 Å². The van der Waals surface area contributed by atoms with E-state index in [2.05, 4.69) is 33.8 Å². The molecule has 0 spiro atoms. The Morgan fingerprint density at radius 2 is 2.03 bits per heavy atom. The summed E-state index contributed by atoms with van der Waals surface area (Å²) in [5.41, 5.74) is 1.18. The predicted octanol–water partition coefficient (Wildman–Crippen LogP) is 1.97. The van der Waals surface area contributed by atoms with E-state index in [-0.39, 0.29) is 18.4 Å². The number of guanidine groups is 1. The van der Waals surface area contributed by atoms with Gasteiger partial charge in [0.2, 0.25) is 17.8 Å². The molecule has 172 valence electrons. The number of carbonyl (C=O) groups excluding carboxylic acids is 2. The van der Waals surface area contributed by atoms with Gasteiger partial charge in [-0.3, -0.25) is 19.9 Å². The third-order valence-corrected chi connectivity index (χ3v) is 6.58. The number of nitrogens with zero attached hydrogens (tertiary/aromatic N) is 4. The number of carbonyl (C=O) groups is 2. The number of thioether (sulfide) groups is 1. The van der Waals surface area contributed by atoms with Gasteiger partial charge in [0.05, 0.1) is 6.54 Å². The number of aliphatic imine (C=N–C) groups is 1. The second-order valence-corrected chi connectivity index (χ2v) is 8.99. The van der Waals surface area contributed by atoms with E-state index in [1.165, 1.54) is 10.5 Å². The van der Waals surface area contributed by atoms with Crippen molar-refractivity contribution in [1.29, 1.82) is 5.26 Å². The monoisotopic (exact) mass is 456 g/mol. The molecule has 9 heteroatoms. The lowest BCUT2D eigenvalue weighted by Gasteiger charge is -2.27. The Kier molecular flexibility index (Phi) is 9.23. The molecule has 1 unspecified atom stereocenters. The van der Waals surface area contributed by atoms with Crippen molar-refractivity contribution in [3.8, 4) is 6.19 Å². The molecule has 32 heavy (non-hydrogen) atoms. The summed E-state index contributed by atoms with van der Waals surface area (Å²) >= 11 is 1.70. The molecule has 8 nitrogen and oxygen atoms in total. The number of amides is 2. The van der Waals surface area contributed by atoms with Crippen LogP contribution >= 0.6 is 11.8 Å². The maximum atomic E-state index is 13.1. The molecule has 0 aliphatic carbocycles. The Morgan fingerprint density at radius 3 is 2.78 bits per heavy atom. The van der Waals surface area contributed by atoms with Crippen molar-refractivity contribution in [2.24, 2.45) is 4.99 Å². The second-order valence-electron chi connectivity index (χ2n) is 8.11. The van der Waals surface area contributed by atoms with Gasteiger partial charge < -0.3 is 15.1 Å². The quantitative estimate of drug-likeness (QED) is 0.214. The number of rotatable bonds is 7. The van der Waals surface area contributed by atoms with Gasteiger partial charge in [0, 0.05) is 31.1 Å². The summed E-state index contributed by atoms with van der Waals surface area (Å²) in [4.78, 5) is 34.9. The lowest BCUT2D eigenvalue weighted by molar-refractivity contribution is -0.140. The Bertz CT molecular complexity index is 862. The third kappa shape index (κ3) is 6.89. The smallest absolute Gasteiger partial charge is 0.245 e. The highest BCUT2D eigenvalue weighted by Gasteiger charge is 2.30. The van der Waals surface area contributed by atoms with Crippen LogP contribution in [0.15, 0.2) is 34.2 Å². The van der Waals surface area contributed by atoms with Crippen molar-refractivity contribution in [2.45, 2.75) is 49.5 Å². The van der Waals surface area contributed by atoms with Crippen molar-refractivity contribution in [2.75, 3.05) is 39.0 Å². The first-order chi connectivity index (χ1) is 15.6. The summed E-state index contributed by atoms with van der Waals surface area (Å²) in [5.74, 6) is 0.225. The van der Waals surface area contributed by atoms with Crippen LogP contribution in [0.4, 0.5) is 0 Å². The number of hydrogen-bond acceptors (Lipinski definition) is 5. The van der Waals surface area contributed by atoms with Gasteiger partial charge in [0.1, 0.15) is 6.04 Å². The lowest BCUT2D eigenvalue weighted by atomic mass is 10.1. The molecule has 0 saturated carbocycles. The van der Waals surface area contributed by atoms with Gasteiger partial charge in [-0.2, -0.15) is 5.26 Å². The number of nitriles is 1. The maximum Gasteiger partial charge on any atom is 0.245 e. The van der Waals surface area contributed by atoms with Gasteiger partial charge >= 0.3 is 0 Å². The minimum atomic E-state index is -0.497. The summed E-state index contributed by atoms with van der Waals surface area (Å²) in [6.07, 6.45) is 9.13. The van der Waals surface area contributed by atoms with E-state index in [0.29, 0.717) is 25.5 Å². The van der Waals surface area contributed by atoms with E-state index in [9.17, 15) is 9.59 Å². The van der Waals surface area contributed by atoms with Gasteiger partial charge in [0.15, 0.2) is 6.19 Å². The van der Waals surface area contributed by atoms with E-state index in [0.717, 1.165) is 45.2 Å². The molecule has 0 bridgehead atoms. The fourth-order valence-corrected chi connectivity index (χ4v) is 4.57. The molecule has 2 N–H and O–H groups in total. The maximum absolute atomic E-state index is 13.1. The first kappa shape index (κ1) is 23.9. The number of hydrogen-bond donors (Lipinski definition) is 2. The van der Waals surface area contributed by atoms with Gasteiger partial charge in [-0.1, -0.05) is 12.1 Å². The largest absolute Gasteiger partial charge is 0.344 e. The van der Waals surface area contributed by atoms with Crippen molar-refractivity contribution in [3.05, 3.63) is 29.8 Å². The van der Waals surface area contributed by atoms with Gasteiger partial charge in [0.25, 0.3) is 0 Å². The topological polar surface area (TPSA) is 101 Å². The summed E-state index contributed by atoms with van der Waals surface area (Å²) in [6, 6.07) is 7.79. The van der Waals surface area contributed by atoms with Crippen LogP contribution in [0, 0.1) is 11.5 Å². The van der Waals surface area contributed by atoms with Crippen LogP contribution in [0.25, 0.3) is 0 Å². The minimum Gasteiger partial charge on any atom is -0.344 e. The number of benzene rings is 1. The number of likely N-dealkylation sites (tertiary alicyclic amines) is 2. The van der Waals surface area contributed by atoms with Crippen LogP contribution < -0.4 is 10.6 Å². The zero-order valence-electron chi connectivity index (χ0n) is 18.7. The third-order valence-electron chi connectivity index (χ3n) is 5.86. The highest BCUT2D eigenvalue weighted by molar-refractivity contribution is 7.98. The molecule has 0 aromatic heterocycles. The highest BCUT2D eigenvalue weighted by atomic mass is 32.2. The second kappa shape index (κ2) is 12.3. The van der Waals surface area contributed by atoms with Gasteiger partial charge in [-0.05, 0) is 62.5 Å². The average Bonchev–Trinajstić information content (AvgIpc) is 3.29. The molecule has 1 atom stereocenters. The SMILES string of the molecule is CSc1cccc(CCN=C(NC#N)NC2CCCCN(CC(=O)N3CCCC3)C2=O)c1. The molecular weight excluding hydrogens is 424 g/mol. The van der Waals surface area contributed by atoms with Crippen LogP contribution in [-0.4, -0.2) is 72.6 Å². The van der Waals surface area contributed by atoms with E-state index in [4.69, 9.17) is 5.26 Å². The van der Waals surface area contributed by atoms with Crippen LogP contribution in [0.3, 0.4) is 0 Å². The normalized spacial score (nSPS) is 19.4. The van der Waals surface area contributed by atoms with Crippen LogP contribution in [0.2, 0.25) is 0 Å². The van der Waals surface area contributed by atoms with Gasteiger partial charge in [-0.15, -0.1) is 11.8 Å². The zero-order valence-corrected chi connectivity index (χ0v) is 19.5. The molecular formula is C23H32N6O2S. The molecule has 3 rings (SSSR count). The van der Waals surface area contributed by atoms with Crippen LogP contribution in [0.1, 0.15) is 37.7 Å². The molecule has 1 aromatic rings. The molecule has 2 saturated heterocycles. The summed E-state index contributed by atoms with van der Waals surface area (Å²) in [7, 11) is 0. The molecule has 1 aromatic carbocycles. The van der Waals surface area contributed by atoms with Crippen LogP contribution in [0.5, 0.6) is 0 Å². The van der Waals surface area contributed by atoms with Crippen molar-refractivity contribution in [3.63, 3.8) is 0 Å². The first-order valence-corrected chi connectivity index (χ1v) is 12.5. The van der Waals surface area contributed by atoms with E-state index < -0.39 is 6.04 Å². The Hall–Kier alpha value is -2.73. The highest BCUT2D eigenvalue weighted by Crippen LogP contribution is 2.16. The molecule has 2 aliphatic rings. The van der Waals surface area contributed by atoms with E-state index in [1.54, 1.807) is 16.7 Å². The van der Waals surface area contributed by atoms with Crippen molar-refractivity contribution < 1.29 is 9.59 Å². The number of nitrogens with one attached hydrogen (secondary N) is 2. The van der Waals surface area contributed by atoms with Gasteiger partial charge in [-0.25, -0.2) is 0 Å². The predicted molar refractivity (Wildman–Crippen MR) is 126 cm³/mol. The first-order valence-electron chi connectivity index (χ1n) is 11.3. The van der Waals surface area contributed by atoms with E-state index >= 15 is 0 Å². The fourth-order valence-electron chi connectivity index (χ4n) is 4.09. The Labute approximate surface area is 194 Å². The summed E-state index contributed by atoms with van der Waals surface area (Å²) in [6.45, 7) is 2.77. The molecule has 0 radical (unpaired) electrons. The van der Waals surface area contributed by atoms with Crippen molar-refractivity contribution >= 4 is 29.5 Å². The fraction of sp³-hybridized carbons (Fsp3) is 0.565. The zero-order chi connectivity index (χ0) is 22.8. The molecule has 2 aliphatic heterocycles. The lowest BCUT2D eigenvalue weighted by Crippen LogP contribution is -2.52. The molecule has 2 fully saturated rings. The Morgan fingerprint density at radius 1 is 1.25 bits per heavy atom. The molecule has 2 amide bonds.